The number of carbonyl (C=O) groups is 2. The van der Waals surface area contributed by atoms with Crippen molar-refractivity contribution in [1.82, 2.24) is 0 Å². The first-order valence-corrected chi connectivity index (χ1v) is 10.4. The number of para-hydroxylation sites is 1. The zero-order chi connectivity index (χ0) is 21.5. The summed E-state index contributed by atoms with van der Waals surface area (Å²) in [4.78, 5) is 27.3. The molecular weight excluding hydrogens is 380 g/mol. The fourth-order valence-electron chi connectivity index (χ4n) is 3.84. The summed E-state index contributed by atoms with van der Waals surface area (Å²) < 4.78 is 5.13. The molecule has 1 saturated heterocycles. The van der Waals surface area contributed by atoms with Gasteiger partial charge >= 0.3 is 0 Å². The molecule has 0 radical (unpaired) electrons. The van der Waals surface area contributed by atoms with Crippen LogP contribution in [0.4, 0.5) is 11.4 Å². The van der Waals surface area contributed by atoms with Crippen molar-refractivity contribution in [3.05, 3.63) is 53.6 Å². The predicted molar refractivity (Wildman–Crippen MR) is 117 cm³/mol. The first-order valence-electron chi connectivity index (χ1n) is 10.4. The van der Waals surface area contributed by atoms with E-state index in [0.29, 0.717) is 13.1 Å². The van der Waals surface area contributed by atoms with E-state index in [1.165, 1.54) is 9.80 Å². The van der Waals surface area contributed by atoms with Gasteiger partial charge in [-0.15, -0.1) is 0 Å². The van der Waals surface area contributed by atoms with Crippen LogP contribution in [-0.2, 0) is 9.59 Å². The highest BCUT2D eigenvalue weighted by atomic mass is 16.5. The summed E-state index contributed by atoms with van der Waals surface area (Å²) in [6.07, 6.45) is 0. The van der Waals surface area contributed by atoms with Crippen molar-refractivity contribution in [3.8, 4) is 5.75 Å². The maximum Gasteiger partial charge on any atom is 0.279 e. The van der Waals surface area contributed by atoms with Crippen LogP contribution < -0.4 is 25.2 Å². The van der Waals surface area contributed by atoms with Crippen molar-refractivity contribution in [2.75, 3.05) is 57.0 Å². The Labute approximate surface area is 178 Å². The number of quaternary nitrogens is 2. The van der Waals surface area contributed by atoms with Gasteiger partial charge in [-0.2, -0.15) is 0 Å². The lowest BCUT2D eigenvalue weighted by atomic mass is 10.1. The highest BCUT2D eigenvalue weighted by Crippen LogP contribution is 2.19. The van der Waals surface area contributed by atoms with Gasteiger partial charge in [-0.1, -0.05) is 18.2 Å². The zero-order valence-corrected chi connectivity index (χ0v) is 18.0. The number of piperazine rings is 1. The number of amides is 2. The molecule has 2 aromatic rings. The van der Waals surface area contributed by atoms with E-state index in [0.717, 1.165) is 54.4 Å². The normalized spacial score (nSPS) is 18.5. The lowest BCUT2D eigenvalue weighted by molar-refractivity contribution is -1.00. The van der Waals surface area contributed by atoms with Gasteiger partial charge in [0.05, 0.1) is 7.11 Å². The maximum absolute atomic E-state index is 12.5. The van der Waals surface area contributed by atoms with E-state index in [4.69, 9.17) is 4.74 Å². The fraction of sp³-hybridized carbons (Fsp3) is 0.391. The minimum Gasteiger partial charge on any atom is -0.497 e. The molecule has 7 heteroatoms. The monoisotopic (exact) mass is 412 g/mol. The Morgan fingerprint density at radius 1 is 0.833 bits per heavy atom. The summed E-state index contributed by atoms with van der Waals surface area (Å²) in [6.45, 7) is 8.43. The molecule has 1 heterocycles. The van der Waals surface area contributed by atoms with Crippen LogP contribution in [0.25, 0.3) is 0 Å². The third-order valence-corrected chi connectivity index (χ3v) is 5.60. The van der Waals surface area contributed by atoms with Crippen LogP contribution in [0.2, 0.25) is 0 Å². The number of anilines is 2. The van der Waals surface area contributed by atoms with E-state index in [-0.39, 0.29) is 11.8 Å². The third kappa shape index (κ3) is 6.05. The van der Waals surface area contributed by atoms with Crippen LogP contribution in [0.15, 0.2) is 42.5 Å². The summed E-state index contributed by atoms with van der Waals surface area (Å²) >= 11 is 0. The van der Waals surface area contributed by atoms with E-state index in [1.54, 1.807) is 7.11 Å². The van der Waals surface area contributed by atoms with E-state index in [2.05, 4.69) is 10.6 Å². The molecule has 0 unspecified atom stereocenters. The second kappa shape index (κ2) is 10.2. The molecular formula is C23H32N4O3+2. The van der Waals surface area contributed by atoms with Crippen LogP contribution >= 0.6 is 0 Å². The SMILES string of the molecule is COc1ccc(NC(=O)C[NH+]2CC[NH+](CC(=O)Nc3c(C)cccc3C)CC2)cc1. The lowest BCUT2D eigenvalue weighted by Gasteiger charge is -2.29. The Morgan fingerprint density at radius 3 is 1.83 bits per heavy atom. The van der Waals surface area contributed by atoms with Crippen LogP contribution in [0.1, 0.15) is 11.1 Å². The first kappa shape index (κ1) is 21.8. The number of hydrogen-bond acceptors (Lipinski definition) is 3. The summed E-state index contributed by atoms with van der Waals surface area (Å²) in [5, 5.41) is 6.00. The molecule has 2 amide bonds. The minimum absolute atomic E-state index is 0.00591. The number of carbonyl (C=O) groups excluding carboxylic acids is 2. The van der Waals surface area contributed by atoms with Gasteiger partial charge in [-0.25, -0.2) is 0 Å². The Kier molecular flexibility index (Phi) is 7.43. The Morgan fingerprint density at radius 2 is 1.33 bits per heavy atom. The largest absolute Gasteiger partial charge is 0.497 e. The molecule has 0 saturated carbocycles. The van der Waals surface area contributed by atoms with Gasteiger partial charge in [0, 0.05) is 11.4 Å². The molecule has 30 heavy (non-hydrogen) atoms. The van der Waals surface area contributed by atoms with E-state index >= 15 is 0 Å². The van der Waals surface area contributed by atoms with Gasteiger partial charge in [-0.05, 0) is 49.2 Å². The Hall–Kier alpha value is -2.90. The molecule has 160 valence electrons. The maximum atomic E-state index is 12.5. The summed E-state index contributed by atoms with van der Waals surface area (Å²) in [7, 11) is 1.62. The molecule has 1 fully saturated rings. The molecule has 0 spiro atoms. The predicted octanol–water partition coefficient (Wildman–Crippen LogP) is -0.327. The highest BCUT2D eigenvalue weighted by molar-refractivity contribution is 5.93. The van der Waals surface area contributed by atoms with Gasteiger partial charge in [0.25, 0.3) is 11.8 Å². The zero-order valence-electron chi connectivity index (χ0n) is 18.0. The smallest absolute Gasteiger partial charge is 0.279 e. The molecule has 3 rings (SSSR count). The lowest BCUT2D eigenvalue weighted by Crippen LogP contribution is -3.28. The summed E-state index contributed by atoms with van der Waals surface area (Å²) in [5.74, 6) is 0.814. The third-order valence-electron chi connectivity index (χ3n) is 5.60. The van der Waals surface area contributed by atoms with E-state index in [1.807, 2.05) is 56.3 Å². The average Bonchev–Trinajstić information content (AvgIpc) is 2.73. The fourth-order valence-corrected chi connectivity index (χ4v) is 3.84. The molecule has 7 nitrogen and oxygen atoms in total. The Balaban J connectivity index is 1.40. The summed E-state index contributed by atoms with van der Waals surface area (Å²) in [5.41, 5.74) is 3.85. The second-order valence-electron chi connectivity index (χ2n) is 7.95. The number of rotatable bonds is 7. The standard InChI is InChI=1S/C23H30N4O3/c1-17-5-4-6-18(2)23(17)25-22(29)16-27-13-11-26(12-14-27)15-21(28)24-19-7-9-20(30-3)10-8-19/h4-10H,11-16H2,1-3H3,(H,24,28)(H,25,29)/p+2. The quantitative estimate of drug-likeness (QED) is 0.503. The first-order chi connectivity index (χ1) is 14.4. The number of ether oxygens (including phenoxy) is 1. The minimum atomic E-state index is 0.00591. The van der Waals surface area contributed by atoms with Gasteiger partial charge in [0.1, 0.15) is 31.9 Å². The highest BCUT2D eigenvalue weighted by Gasteiger charge is 2.26. The van der Waals surface area contributed by atoms with Crippen molar-refractivity contribution in [2.45, 2.75) is 13.8 Å². The average molecular weight is 413 g/mol. The molecule has 0 atom stereocenters. The van der Waals surface area contributed by atoms with Crippen LogP contribution in [-0.4, -0.2) is 58.2 Å². The molecule has 1 aliphatic rings. The van der Waals surface area contributed by atoms with Crippen LogP contribution in [0, 0.1) is 13.8 Å². The van der Waals surface area contributed by atoms with Crippen molar-refractivity contribution in [1.29, 1.82) is 0 Å². The number of benzene rings is 2. The summed E-state index contributed by atoms with van der Waals surface area (Å²) in [6, 6.07) is 13.3. The number of aryl methyl sites for hydroxylation is 2. The molecule has 1 aliphatic heterocycles. The van der Waals surface area contributed by atoms with E-state index in [9.17, 15) is 9.59 Å². The molecule has 0 aromatic heterocycles. The number of nitrogens with one attached hydrogen (secondary N) is 4. The van der Waals surface area contributed by atoms with Gasteiger partial charge in [0.15, 0.2) is 13.1 Å². The van der Waals surface area contributed by atoms with Crippen molar-refractivity contribution < 1.29 is 24.1 Å². The van der Waals surface area contributed by atoms with Gasteiger partial charge < -0.3 is 25.2 Å². The van der Waals surface area contributed by atoms with Gasteiger partial charge in [-0.3, -0.25) is 9.59 Å². The van der Waals surface area contributed by atoms with Crippen molar-refractivity contribution in [2.24, 2.45) is 0 Å². The van der Waals surface area contributed by atoms with Crippen LogP contribution in [0.3, 0.4) is 0 Å². The van der Waals surface area contributed by atoms with Crippen LogP contribution in [0.5, 0.6) is 5.75 Å². The second-order valence-corrected chi connectivity index (χ2v) is 7.95. The molecule has 4 N–H and O–H groups in total. The Bertz CT molecular complexity index is 854. The van der Waals surface area contributed by atoms with Gasteiger partial charge in [0.2, 0.25) is 0 Å². The number of methoxy groups -OCH3 is 1. The van der Waals surface area contributed by atoms with E-state index < -0.39 is 0 Å². The molecule has 0 aliphatic carbocycles. The molecule has 2 aromatic carbocycles. The van der Waals surface area contributed by atoms with Crippen molar-refractivity contribution >= 4 is 23.2 Å². The number of hydrogen-bond donors (Lipinski definition) is 4. The topological polar surface area (TPSA) is 76.3 Å². The van der Waals surface area contributed by atoms with Crippen molar-refractivity contribution in [3.63, 3.8) is 0 Å². The molecule has 0 bridgehead atoms.